The van der Waals surface area contributed by atoms with E-state index in [0.29, 0.717) is 0 Å². The van der Waals surface area contributed by atoms with Gasteiger partial charge in [-0.15, -0.1) is 13.2 Å². The Bertz CT molecular complexity index is 375. The second kappa shape index (κ2) is 6.86. The fourth-order valence-electron chi connectivity index (χ4n) is 1.78. The van der Waals surface area contributed by atoms with Crippen molar-refractivity contribution in [3.05, 3.63) is 48.8 Å². The van der Waals surface area contributed by atoms with Crippen molar-refractivity contribution in [3.63, 3.8) is 0 Å². The number of rotatable bonds is 7. The summed E-state index contributed by atoms with van der Waals surface area (Å²) in [6.45, 7) is 12.0. The maximum absolute atomic E-state index is 4.34. The van der Waals surface area contributed by atoms with Crippen molar-refractivity contribution in [2.24, 2.45) is 0 Å². The van der Waals surface area contributed by atoms with Crippen molar-refractivity contribution in [3.8, 4) is 0 Å². The molecule has 0 aromatic carbocycles. The molecule has 1 aromatic rings. The Morgan fingerprint density at radius 2 is 2.00 bits per heavy atom. The molecule has 1 rings (SSSR count). The van der Waals surface area contributed by atoms with Gasteiger partial charge in [-0.25, -0.2) is 0 Å². The van der Waals surface area contributed by atoms with Crippen molar-refractivity contribution in [2.45, 2.75) is 13.5 Å². The molecule has 0 spiro atoms. The van der Waals surface area contributed by atoms with E-state index in [2.05, 4.69) is 34.4 Å². The summed E-state index contributed by atoms with van der Waals surface area (Å²) in [6.07, 6.45) is 5.74. The Morgan fingerprint density at radius 3 is 2.53 bits per heavy atom. The Labute approximate surface area is 104 Å². The first-order valence-corrected chi connectivity index (χ1v) is 5.79. The summed E-state index contributed by atoms with van der Waals surface area (Å²) in [5, 5.41) is 3.16. The molecule has 1 aromatic heterocycles. The molecule has 0 fully saturated rings. The predicted molar refractivity (Wildman–Crippen MR) is 74.3 cm³/mol. The summed E-state index contributed by atoms with van der Waals surface area (Å²) >= 11 is 0. The standard InChI is InChI=1S/C14H21N3/c1-5-7-17(8-6-2)14-9-12(3)16-11-13(14)10-15-4/h5-6,9,11,15H,1-2,7-8,10H2,3-4H3. The summed E-state index contributed by atoms with van der Waals surface area (Å²) in [4.78, 5) is 6.58. The summed E-state index contributed by atoms with van der Waals surface area (Å²) in [5.41, 5.74) is 3.42. The largest absolute Gasteiger partial charge is 0.364 e. The van der Waals surface area contributed by atoms with Gasteiger partial charge in [-0.05, 0) is 20.0 Å². The summed E-state index contributed by atoms with van der Waals surface area (Å²) in [7, 11) is 1.94. The van der Waals surface area contributed by atoms with Gasteiger partial charge in [-0.3, -0.25) is 4.98 Å². The Hall–Kier alpha value is -1.61. The molecule has 0 bridgehead atoms. The van der Waals surface area contributed by atoms with Gasteiger partial charge in [-0.1, -0.05) is 12.2 Å². The fraction of sp³-hybridized carbons (Fsp3) is 0.357. The number of anilines is 1. The molecular weight excluding hydrogens is 210 g/mol. The van der Waals surface area contributed by atoms with E-state index in [-0.39, 0.29) is 0 Å². The molecule has 1 N–H and O–H groups in total. The van der Waals surface area contributed by atoms with Gasteiger partial charge in [0.05, 0.1) is 0 Å². The molecule has 0 atom stereocenters. The highest BCUT2D eigenvalue weighted by Crippen LogP contribution is 2.20. The van der Waals surface area contributed by atoms with Crippen molar-refractivity contribution >= 4 is 5.69 Å². The molecule has 0 aliphatic carbocycles. The SMILES string of the molecule is C=CCN(CC=C)c1cc(C)ncc1CNC. The van der Waals surface area contributed by atoms with Gasteiger partial charge < -0.3 is 10.2 Å². The van der Waals surface area contributed by atoms with Gasteiger partial charge in [0.1, 0.15) is 0 Å². The molecule has 0 aliphatic heterocycles. The van der Waals surface area contributed by atoms with E-state index >= 15 is 0 Å². The van der Waals surface area contributed by atoms with Crippen LogP contribution in [0.25, 0.3) is 0 Å². The lowest BCUT2D eigenvalue weighted by Gasteiger charge is -2.24. The topological polar surface area (TPSA) is 28.2 Å². The van der Waals surface area contributed by atoms with Crippen LogP contribution in [0.3, 0.4) is 0 Å². The van der Waals surface area contributed by atoms with Crippen LogP contribution in [-0.4, -0.2) is 25.1 Å². The first-order valence-electron chi connectivity index (χ1n) is 5.79. The average Bonchev–Trinajstić information content (AvgIpc) is 2.31. The molecule has 0 amide bonds. The second-order valence-corrected chi connectivity index (χ2v) is 3.97. The number of nitrogens with zero attached hydrogens (tertiary/aromatic N) is 2. The molecule has 1 heterocycles. The fourth-order valence-corrected chi connectivity index (χ4v) is 1.78. The van der Waals surface area contributed by atoms with Crippen LogP contribution in [-0.2, 0) is 6.54 Å². The zero-order chi connectivity index (χ0) is 12.7. The minimum atomic E-state index is 0.812. The van der Waals surface area contributed by atoms with Gasteiger partial charge in [-0.2, -0.15) is 0 Å². The maximum Gasteiger partial charge on any atom is 0.0451 e. The Kier molecular flexibility index (Phi) is 5.43. The van der Waals surface area contributed by atoms with Gasteiger partial charge in [0.2, 0.25) is 0 Å². The molecule has 0 radical (unpaired) electrons. The lowest BCUT2D eigenvalue weighted by atomic mass is 10.1. The molecule has 0 saturated carbocycles. The predicted octanol–water partition coefficient (Wildman–Crippen LogP) is 2.29. The van der Waals surface area contributed by atoms with Crippen LogP contribution in [0, 0.1) is 6.92 Å². The maximum atomic E-state index is 4.34. The summed E-state index contributed by atoms with van der Waals surface area (Å²) in [5.74, 6) is 0. The normalized spacial score (nSPS) is 10.0. The molecule has 3 heteroatoms. The van der Waals surface area contributed by atoms with Gasteiger partial charge in [0.15, 0.2) is 0 Å². The smallest absolute Gasteiger partial charge is 0.0451 e. The second-order valence-electron chi connectivity index (χ2n) is 3.97. The van der Waals surface area contributed by atoms with E-state index in [1.165, 1.54) is 11.3 Å². The highest BCUT2D eigenvalue weighted by Gasteiger charge is 2.09. The van der Waals surface area contributed by atoms with Crippen LogP contribution >= 0.6 is 0 Å². The number of hydrogen-bond donors (Lipinski definition) is 1. The van der Waals surface area contributed by atoms with Gasteiger partial charge >= 0.3 is 0 Å². The van der Waals surface area contributed by atoms with Crippen LogP contribution in [0.15, 0.2) is 37.6 Å². The van der Waals surface area contributed by atoms with Crippen LogP contribution in [0.4, 0.5) is 5.69 Å². The number of aromatic nitrogens is 1. The van der Waals surface area contributed by atoms with Crippen LogP contribution in [0.2, 0.25) is 0 Å². The third-order valence-electron chi connectivity index (χ3n) is 2.51. The number of hydrogen-bond acceptors (Lipinski definition) is 3. The van der Waals surface area contributed by atoms with Crippen molar-refractivity contribution < 1.29 is 0 Å². The first kappa shape index (κ1) is 13.5. The van der Waals surface area contributed by atoms with Gasteiger partial charge in [0.25, 0.3) is 0 Å². The molecule has 17 heavy (non-hydrogen) atoms. The van der Waals surface area contributed by atoms with Crippen molar-refractivity contribution in [1.82, 2.24) is 10.3 Å². The van der Waals surface area contributed by atoms with Gasteiger partial charge in [0, 0.05) is 42.8 Å². The van der Waals surface area contributed by atoms with Crippen LogP contribution in [0.1, 0.15) is 11.3 Å². The number of pyridine rings is 1. The van der Waals surface area contributed by atoms with E-state index in [1.807, 2.05) is 32.3 Å². The molecule has 0 aliphatic rings. The third kappa shape index (κ3) is 3.71. The zero-order valence-electron chi connectivity index (χ0n) is 10.7. The highest BCUT2D eigenvalue weighted by atomic mass is 15.1. The van der Waals surface area contributed by atoms with Crippen molar-refractivity contribution in [2.75, 3.05) is 25.0 Å². The number of nitrogens with one attached hydrogen (secondary N) is 1. The van der Waals surface area contributed by atoms with E-state index in [4.69, 9.17) is 0 Å². The molecule has 92 valence electrons. The monoisotopic (exact) mass is 231 g/mol. The Morgan fingerprint density at radius 1 is 1.35 bits per heavy atom. The van der Waals surface area contributed by atoms with E-state index < -0.39 is 0 Å². The third-order valence-corrected chi connectivity index (χ3v) is 2.51. The zero-order valence-corrected chi connectivity index (χ0v) is 10.7. The lowest BCUT2D eigenvalue weighted by molar-refractivity contribution is 0.801. The molecule has 0 saturated heterocycles. The summed E-state index contributed by atoms with van der Waals surface area (Å²) in [6, 6.07) is 2.11. The lowest BCUT2D eigenvalue weighted by Crippen LogP contribution is -2.25. The van der Waals surface area contributed by atoms with Crippen molar-refractivity contribution in [1.29, 1.82) is 0 Å². The quantitative estimate of drug-likeness (QED) is 0.730. The number of aryl methyl sites for hydroxylation is 1. The minimum Gasteiger partial charge on any atom is -0.364 e. The molecule has 3 nitrogen and oxygen atoms in total. The van der Waals surface area contributed by atoms with E-state index in [0.717, 1.165) is 25.3 Å². The van der Waals surface area contributed by atoms with E-state index in [1.54, 1.807) is 0 Å². The Balaban J connectivity index is 3.08. The molecular formula is C14H21N3. The average molecular weight is 231 g/mol. The minimum absolute atomic E-state index is 0.812. The molecule has 0 unspecified atom stereocenters. The van der Waals surface area contributed by atoms with Crippen LogP contribution in [0.5, 0.6) is 0 Å². The van der Waals surface area contributed by atoms with E-state index in [9.17, 15) is 0 Å². The highest BCUT2D eigenvalue weighted by molar-refractivity contribution is 5.54. The van der Waals surface area contributed by atoms with Crippen LogP contribution < -0.4 is 10.2 Å². The first-order chi connectivity index (χ1) is 8.22. The summed E-state index contributed by atoms with van der Waals surface area (Å²) < 4.78 is 0.